The molecule has 1 unspecified atom stereocenters. The van der Waals surface area contributed by atoms with Gasteiger partial charge in [0, 0.05) is 23.1 Å². The fourth-order valence-corrected chi connectivity index (χ4v) is 1.68. The first-order chi connectivity index (χ1) is 6.63. The van der Waals surface area contributed by atoms with Gasteiger partial charge in [-0.3, -0.25) is 0 Å². The molecule has 2 nitrogen and oxygen atoms in total. The normalized spacial score (nSPS) is 11.9. The highest BCUT2D eigenvalue weighted by Gasteiger charge is 2.05. The quantitative estimate of drug-likeness (QED) is 0.682. The molecule has 1 aromatic heterocycles. The first-order valence-electron chi connectivity index (χ1n) is 4.14. The van der Waals surface area contributed by atoms with Crippen LogP contribution in [0.3, 0.4) is 0 Å². The van der Waals surface area contributed by atoms with Crippen molar-refractivity contribution < 1.29 is 0 Å². The lowest BCUT2D eigenvalue weighted by Gasteiger charge is -2.13. The van der Waals surface area contributed by atoms with Crippen LogP contribution in [0.4, 0.5) is 5.69 Å². The van der Waals surface area contributed by atoms with Gasteiger partial charge in [0.25, 0.3) is 0 Å². The number of aromatic nitrogens is 1. The maximum Gasteiger partial charge on any atom is 0.129 e. The molecule has 0 aliphatic carbocycles. The molecule has 1 N–H and O–H groups in total. The third-order valence-corrected chi connectivity index (χ3v) is 2.70. The highest BCUT2D eigenvalue weighted by Crippen LogP contribution is 2.24. The molecule has 1 rings (SSSR count). The summed E-state index contributed by atoms with van der Waals surface area (Å²) >= 11 is 6.73. The van der Waals surface area contributed by atoms with Gasteiger partial charge in [0.2, 0.25) is 0 Å². The van der Waals surface area contributed by atoms with Crippen molar-refractivity contribution in [2.24, 2.45) is 0 Å². The molecular weight excluding hydrogens is 308 g/mol. The Kier molecular flexibility index (Phi) is 4.43. The molecule has 14 heavy (non-hydrogen) atoms. The predicted octanol–water partition coefficient (Wildman–Crippen LogP) is 3.43. The van der Waals surface area contributed by atoms with Gasteiger partial charge in [-0.1, -0.05) is 0 Å². The Bertz CT molecular complexity index is 358. The van der Waals surface area contributed by atoms with Crippen LogP contribution in [0.2, 0.25) is 0 Å². The van der Waals surface area contributed by atoms with E-state index in [-0.39, 0.29) is 6.04 Å². The molecule has 0 fully saturated rings. The zero-order valence-electron chi connectivity index (χ0n) is 7.72. The van der Waals surface area contributed by atoms with Gasteiger partial charge in [0.05, 0.1) is 5.69 Å². The molecule has 0 aliphatic rings. The summed E-state index contributed by atoms with van der Waals surface area (Å²) < 4.78 is 1.74. The Balaban J connectivity index is 2.76. The van der Waals surface area contributed by atoms with Crippen molar-refractivity contribution >= 4 is 37.5 Å². The van der Waals surface area contributed by atoms with Crippen molar-refractivity contribution in [3.05, 3.63) is 21.3 Å². The van der Waals surface area contributed by atoms with E-state index in [1.54, 1.807) is 6.20 Å². The molecule has 0 saturated carbocycles. The van der Waals surface area contributed by atoms with Crippen LogP contribution in [0.25, 0.3) is 0 Å². The number of rotatable bonds is 3. The van der Waals surface area contributed by atoms with Crippen LogP contribution in [-0.2, 0) is 0 Å². The average molecular weight is 318 g/mol. The summed E-state index contributed by atoms with van der Waals surface area (Å²) in [7, 11) is 0. The van der Waals surface area contributed by atoms with E-state index in [1.807, 2.05) is 13.0 Å². The Labute approximate surface area is 101 Å². The van der Waals surface area contributed by atoms with Crippen LogP contribution in [0, 0.1) is 12.3 Å². The summed E-state index contributed by atoms with van der Waals surface area (Å²) in [6, 6.07) is 2.21. The van der Waals surface area contributed by atoms with Crippen LogP contribution < -0.4 is 5.32 Å². The third-order valence-electron chi connectivity index (χ3n) is 1.63. The summed E-state index contributed by atoms with van der Waals surface area (Å²) in [5, 5.41) is 3.27. The lowest BCUT2D eigenvalue weighted by molar-refractivity contribution is 0.826. The standard InChI is InChI=1S/C10H10Br2N2/c1-3-4-7(2)14-9-5-8(11)6-13-10(9)12/h1,5-7,14H,4H2,2H3. The minimum absolute atomic E-state index is 0.243. The van der Waals surface area contributed by atoms with Crippen LogP contribution in [-0.4, -0.2) is 11.0 Å². The van der Waals surface area contributed by atoms with Crippen LogP contribution in [0.15, 0.2) is 21.3 Å². The number of nitrogens with zero attached hydrogens (tertiary/aromatic N) is 1. The number of halogens is 2. The van der Waals surface area contributed by atoms with Gasteiger partial charge in [-0.15, -0.1) is 12.3 Å². The van der Waals surface area contributed by atoms with E-state index in [2.05, 4.69) is 48.1 Å². The van der Waals surface area contributed by atoms with E-state index < -0.39 is 0 Å². The minimum Gasteiger partial charge on any atom is -0.379 e. The topological polar surface area (TPSA) is 24.9 Å². The number of pyridine rings is 1. The van der Waals surface area contributed by atoms with E-state index in [4.69, 9.17) is 6.42 Å². The van der Waals surface area contributed by atoms with Gasteiger partial charge in [0.15, 0.2) is 0 Å². The van der Waals surface area contributed by atoms with Crippen LogP contribution in [0.1, 0.15) is 13.3 Å². The molecule has 1 aromatic rings. The van der Waals surface area contributed by atoms with E-state index in [0.29, 0.717) is 6.42 Å². The van der Waals surface area contributed by atoms with Crippen molar-refractivity contribution in [2.75, 3.05) is 5.32 Å². The second-order valence-corrected chi connectivity index (χ2v) is 4.61. The third kappa shape index (κ3) is 3.32. The largest absolute Gasteiger partial charge is 0.379 e. The monoisotopic (exact) mass is 316 g/mol. The summed E-state index contributed by atoms with van der Waals surface area (Å²) in [4.78, 5) is 4.15. The molecule has 4 heteroatoms. The molecular formula is C10H10Br2N2. The van der Waals surface area contributed by atoms with Crippen molar-refractivity contribution in [1.29, 1.82) is 0 Å². The first-order valence-corrected chi connectivity index (χ1v) is 5.73. The van der Waals surface area contributed by atoms with Gasteiger partial charge in [-0.05, 0) is 44.8 Å². The van der Waals surface area contributed by atoms with Gasteiger partial charge in [-0.2, -0.15) is 0 Å². The Morgan fingerprint density at radius 2 is 2.36 bits per heavy atom. The zero-order chi connectivity index (χ0) is 10.6. The maximum absolute atomic E-state index is 5.22. The average Bonchev–Trinajstić information content (AvgIpc) is 2.12. The summed E-state index contributed by atoms with van der Waals surface area (Å²) in [6.07, 6.45) is 7.66. The van der Waals surface area contributed by atoms with Gasteiger partial charge < -0.3 is 5.32 Å². The molecule has 0 amide bonds. The lowest BCUT2D eigenvalue weighted by Crippen LogP contribution is -2.14. The molecule has 74 valence electrons. The number of terminal acetylenes is 1. The Morgan fingerprint density at radius 3 is 3.00 bits per heavy atom. The highest BCUT2D eigenvalue weighted by molar-refractivity contribution is 9.11. The van der Waals surface area contributed by atoms with Gasteiger partial charge in [-0.25, -0.2) is 4.98 Å². The summed E-state index contributed by atoms with van der Waals surface area (Å²) in [6.45, 7) is 2.03. The smallest absolute Gasteiger partial charge is 0.129 e. The molecule has 1 atom stereocenters. The molecule has 0 radical (unpaired) electrons. The van der Waals surface area contributed by atoms with E-state index >= 15 is 0 Å². The SMILES string of the molecule is C#CCC(C)Nc1cc(Br)cnc1Br. The van der Waals surface area contributed by atoms with Crippen molar-refractivity contribution in [3.63, 3.8) is 0 Å². The van der Waals surface area contributed by atoms with Gasteiger partial charge in [0.1, 0.15) is 4.60 Å². The Hall–Kier alpha value is -0.530. The van der Waals surface area contributed by atoms with E-state index in [1.165, 1.54) is 0 Å². The van der Waals surface area contributed by atoms with Crippen molar-refractivity contribution in [3.8, 4) is 12.3 Å². The van der Waals surface area contributed by atoms with Crippen molar-refractivity contribution in [1.82, 2.24) is 4.98 Å². The van der Waals surface area contributed by atoms with E-state index in [9.17, 15) is 0 Å². The number of anilines is 1. The maximum atomic E-state index is 5.22. The van der Waals surface area contributed by atoms with Crippen LogP contribution >= 0.6 is 31.9 Å². The lowest BCUT2D eigenvalue weighted by atomic mass is 10.2. The second kappa shape index (κ2) is 5.38. The number of hydrogen-bond acceptors (Lipinski definition) is 2. The van der Waals surface area contributed by atoms with Gasteiger partial charge >= 0.3 is 0 Å². The molecule has 0 aliphatic heterocycles. The van der Waals surface area contributed by atoms with Crippen molar-refractivity contribution in [2.45, 2.75) is 19.4 Å². The fourth-order valence-electron chi connectivity index (χ4n) is 1.02. The molecule has 0 spiro atoms. The summed E-state index contributed by atoms with van der Waals surface area (Å²) in [5.41, 5.74) is 0.946. The minimum atomic E-state index is 0.243. The van der Waals surface area contributed by atoms with Crippen LogP contribution in [0.5, 0.6) is 0 Å². The summed E-state index contributed by atoms with van der Waals surface area (Å²) in [5.74, 6) is 2.61. The number of hydrogen-bond donors (Lipinski definition) is 1. The molecule has 0 saturated heterocycles. The first kappa shape index (κ1) is 11.5. The predicted molar refractivity (Wildman–Crippen MR) is 66.2 cm³/mol. The molecule has 0 aromatic carbocycles. The number of nitrogens with one attached hydrogen (secondary N) is 1. The zero-order valence-corrected chi connectivity index (χ0v) is 10.9. The highest BCUT2D eigenvalue weighted by atomic mass is 79.9. The second-order valence-electron chi connectivity index (χ2n) is 2.95. The molecule has 1 heterocycles. The molecule has 0 bridgehead atoms. The van der Waals surface area contributed by atoms with E-state index in [0.717, 1.165) is 14.8 Å². The fraction of sp³-hybridized carbons (Fsp3) is 0.300. The Morgan fingerprint density at radius 1 is 1.64 bits per heavy atom.